The Hall–Kier alpha value is -0.0800. The molecule has 0 aromatic heterocycles. The summed E-state index contributed by atoms with van der Waals surface area (Å²) in [6.07, 6.45) is 4.00. The summed E-state index contributed by atoms with van der Waals surface area (Å²) in [6.45, 7) is 15.4. The van der Waals surface area contributed by atoms with Gasteiger partial charge in [-0.25, -0.2) is 0 Å². The molecule has 2 heteroatoms. The van der Waals surface area contributed by atoms with Gasteiger partial charge in [-0.1, -0.05) is 27.7 Å². The predicted octanol–water partition coefficient (Wildman–Crippen LogP) is 2.89. The molecule has 1 rings (SSSR count). The van der Waals surface area contributed by atoms with E-state index in [4.69, 9.17) is 0 Å². The largest absolute Gasteiger partial charge is 0.312 e. The summed E-state index contributed by atoms with van der Waals surface area (Å²) in [4.78, 5) is 2.71. The lowest BCUT2D eigenvalue weighted by molar-refractivity contribution is 0.0650. The van der Waals surface area contributed by atoms with Gasteiger partial charge in [0.25, 0.3) is 0 Å². The summed E-state index contributed by atoms with van der Waals surface area (Å²) < 4.78 is 0. The van der Waals surface area contributed by atoms with Crippen LogP contribution in [0.2, 0.25) is 0 Å². The number of nitrogens with zero attached hydrogens (tertiary/aromatic N) is 1. The van der Waals surface area contributed by atoms with E-state index in [1.165, 1.54) is 32.4 Å². The summed E-state index contributed by atoms with van der Waals surface area (Å²) in [5, 5.41) is 3.71. The molecule has 0 amide bonds. The Labute approximate surface area is 102 Å². The van der Waals surface area contributed by atoms with E-state index in [9.17, 15) is 0 Å². The molecular weight excluding hydrogens is 196 g/mol. The minimum absolute atomic E-state index is 0.334. The van der Waals surface area contributed by atoms with Gasteiger partial charge in [-0.05, 0) is 51.7 Å². The van der Waals surface area contributed by atoms with Crippen molar-refractivity contribution < 1.29 is 0 Å². The number of likely N-dealkylation sites (tertiary alicyclic amines) is 1. The lowest BCUT2D eigenvalue weighted by atomic mass is 9.81. The van der Waals surface area contributed by atoms with Crippen LogP contribution in [-0.4, -0.2) is 36.1 Å². The third-order valence-electron chi connectivity index (χ3n) is 4.30. The molecule has 16 heavy (non-hydrogen) atoms. The fourth-order valence-corrected chi connectivity index (χ4v) is 3.26. The molecular formula is C14H30N2. The van der Waals surface area contributed by atoms with Crippen molar-refractivity contribution in [2.45, 2.75) is 65.5 Å². The van der Waals surface area contributed by atoms with Crippen LogP contribution in [0.3, 0.4) is 0 Å². The molecule has 1 aliphatic heterocycles. The van der Waals surface area contributed by atoms with Crippen molar-refractivity contribution in [2.75, 3.05) is 19.6 Å². The molecule has 1 heterocycles. The lowest BCUT2D eigenvalue weighted by Crippen LogP contribution is -2.60. The standard InChI is InChI=1S/C14H30N2/c1-6-14(5,16-10-8-9-11-16)13(12(3)4)15-7-2/h12-13,15H,6-11H2,1-5H3. The maximum atomic E-state index is 3.71. The first-order valence-corrected chi connectivity index (χ1v) is 7.04. The molecule has 0 bridgehead atoms. The van der Waals surface area contributed by atoms with Crippen molar-refractivity contribution in [2.24, 2.45) is 5.92 Å². The van der Waals surface area contributed by atoms with Crippen LogP contribution in [0.25, 0.3) is 0 Å². The predicted molar refractivity (Wildman–Crippen MR) is 71.8 cm³/mol. The third kappa shape index (κ3) is 2.78. The summed E-state index contributed by atoms with van der Waals surface area (Å²) >= 11 is 0. The van der Waals surface area contributed by atoms with Crippen LogP contribution in [0.15, 0.2) is 0 Å². The van der Waals surface area contributed by atoms with Crippen LogP contribution in [0, 0.1) is 5.92 Å². The zero-order valence-electron chi connectivity index (χ0n) is 11.8. The summed E-state index contributed by atoms with van der Waals surface area (Å²) in [5.74, 6) is 0.700. The average molecular weight is 226 g/mol. The first kappa shape index (κ1) is 14.0. The second-order valence-corrected chi connectivity index (χ2v) is 5.68. The fourth-order valence-electron chi connectivity index (χ4n) is 3.26. The molecule has 0 saturated carbocycles. The van der Waals surface area contributed by atoms with Gasteiger partial charge in [0.1, 0.15) is 0 Å². The highest BCUT2D eigenvalue weighted by atomic mass is 15.2. The number of hydrogen-bond acceptors (Lipinski definition) is 2. The molecule has 1 aliphatic rings. The molecule has 96 valence electrons. The first-order valence-electron chi connectivity index (χ1n) is 7.04. The van der Waals surface area contributed by atoms with E-state index >= 15 is 0 Å². The van der Waals surface area contributed by atoms with Crippen LogP contribution in [0.1, 0.15) is 53.9 Å². The van der Waals surface area contributed by atoms with Gasteiger partial charge in [0.05, 0.1) is 0 Å². The Morgan fingerprint density at radius 2 is 1.75 bits per heavy atom. The van der Waals surface area contributed by atoms with E-state index in [0.29, 0.717) is 17.5 Å². The minimum Gasteiger partial charge on any atom is -0.312 e. The molecule has 0 aromatic carbocycles. The quantitative estimate of drug-likeness (QED) is 0.749. The topological polar surface area (TPSA) is 15.3 Å². The van der Waals surface area contributed by atoms with Gasteiger partial charge in [0.15, 0.2) is 0 Å². The van der Waals surface area contributed by atoms with Gasteiger partial charge in [0.2, 0.25) is 0 Å². The Bertz CT molecular complexity index is 197. The normalized spacial score (nSPS) is 23.6. The lowest BCUT2D eigenvalue weighted by Gasteiger charge is -2.46. The fraction of sp³-hybridized carbons (Fsp3) is 1.00. The Morgan fingerprint density at radius 1 is 1.19 bits per heavy atom. The van der Waals surface area contributed by atoms with E-state index in [0.717, 1.165) is 6.54 Å². The summed E-state index contributed by atoms with van der Waals surface area (Å²) in [7, 11) is 0. The number of rotatable bonds is 6. The van der Waals surface area contributed by atoms with Gasteiger partial charge in [-0.3, -0.25) is 4.90 Å². The third-order valence-corrected chi connectivity index (χ3v) is 4.30. The van der Waals surface area contributed by atoms with E-state index in [-0.39, 0.29) is 0 Å². The number of nitrogens with one attached hydrogen (secondary N) is 1. The van der Waals surface area contributed by atoms with Crippen molar-refractivity contribution >= 4 is 0 Å². The second kappa shape index (κ2) is 6.02. The molecule has 0 aliphatic carbocycles. The average Bonchev–Trinajstić information content (AvgIpc) is 2.78. The Kier molecular flexibility index (Phi) is 5.26. The Morgan fingerprint density at radius 3 is 2.12 bits per heavy atom. The van der Waals surface area contributed by atoms with E-state index in [1.54, 1.807) is 0 Å². The molecule has 0 aromatic rings. The van der Waals surface area contributed by atoms with E-state index < -0.39 is 0 Å². The van der Waals surface area contributed by atoms with Crippen LogP contribution in [0.4, 0.5) is 0 Å². The highest BCUT2D eigenvalue weighted by Crippen LogP contribution is 2.31. The van der Waals surface area contributed by atoms with Gasteiger partial charge < -0.3 is 5.32 Å². The SMILES string of the molecule is CCNC(C(C)C)C(C)(CC)N1CCCC1. The highest BCUT2D eigenvalue weighted by Gasteiger charge is 2.40. The van der Waals surface area contributed by atoms with Crippen molar-refractivity contribution in [1.82, 2.24) is 10.2 Å². The second-order valence-electron chi connectivity index (χ2n) is 5.68. The molecule has 0 spiro atoms. The van der Waals surface area contributed by atoms with E-state index in [2.05, 4.69) is 44.8 Å². The molecule has 1 N–H and O–H groups in total. The zero-order chi connectivity index (χ0) is 12.2. The first-order chi connectivity index (χ1) is 7.56. The highest BCUT2D eigenvalue weighted by molar-refractivity contribution is 4.98. The molecule has 2 unspecified atom stereocenters. The molecule has 1 saturated heterocycles. The molecule has 2 nitrogen and oxygen atoms in total. The van der Waals surface area contributed by atoms with Crippen LogP contribution >= 0.6 is 0 Å². The van der Waals surface area contributed by atoms with Crippen molar-refractivity contribution in [3.05, 3.63) is 0 Å². The smallest absolute Gasteiger partial charge is 0.0334 e. The number of likely N-dealkylation sites (N-methyl/N-ethyl adjacent to an activating group) is 1. The molecule has 0 radical (unpaired) electrons. The van der Waals surface area contributed by atoms with Gasteiger partial charge in [-0.15, -0.1) is 0 Å². The van der Waals surface area contributed by atoms with Crippen molar-refractivity contribution in [3.63, 3.8) is 0 Å². The van der Waals surface area contributed by atoms with Crippen LogP contribution < -0.4 is 5.32 Å². The maximum Gasteiger partial charge on any atom is 0.0334 e. The van der Waals surface area contributed by atoms with Gasteiger partial charge in [0, 0.05) is 11.6 Å². The van der Waals surface area contributed by atoms with Crippen LogP contribution in [0.5, 0.6) is 0 Å². The summed E-state index contributed by atoms with van der Waals surface area (Å²) in [6, 6.07) is 0.612. The van der Waals surface area contributed by atoms with Crippen molar-refractivity contribution in [1.29, 1.82) is 0 Å². The maximum absolute atomic E-state index is 3.71. The van der Waals surface area contributed by atoms with Gasteiger partial charge >= 0.3 is 0 Å². The minimum atomic E-state index is 0.334. The zero-order valence-corrected chi connectivity index (χ0v) is 11.8. The van der Waals surface area contributed by atoms with E-state index in [1.807, 2.05) is 0 Å². The monoisotopic (exact) mass is 226 g/mol. The summed E-state index contributed by atoms with van der Waals surface area (Å²) in [5.41, 5.74) is 0.334. The molecule has 1 fully saturated rings. The number of hydrogen-bond donors (Lipinski definition) is 1. The van der Waals surface area contributed by atoms with Crippen molar-refractivity contribution in [3.8, 4) is 0 Å². The molecule has 2 atom stereocenters. The van der Waals surface area contributed by atoms with Gasteiger partial charge in [-0.2, -0.15) is 0 Å². The van der Waals surface area contributed by atoms with Crippen LogP contribution in [-0.2, 0) is 0 Å². The Balaban J connectivity index is 2.80.